The first-order valence-electron chi connectivity index (χ1n) is 7.85. The zero-order valence-electron chi connectivity index (χ0n) is 12.8. The van der Waals surface area contributed by atoms with Crippen molar-refractivity contribution in [2.24, 2.45) is 5.41 Å². The van der Waals surface area contributed by atoms with Crippen molar-refractivity contribution in [2.75, 3.05) is 0 Å². The average molecular weight is 327 g/mol. The van der Waals surface area contributed by atoms with Gasteiger partial charge in [-0.25, -0.2) is 8.78 Å². The second-order valence-electron chi connectivity index (χ2n) is 6.53. The highest BCUT2D eigenvalue weighted by Gasteiger charge is 2.67. The van der Waals surface area contributed by atoms with Crippen LogP contribution in [0.3, 0.4) is 0 Å². The van der Waals surface area contributed by atoms with Gasteiger partial charge in [-0.2, -0.15) is 0 Å². The van der Waals surface area contributed by atoms with E-state index in [1.807, 2.05) is 30.3 Å². The minimum Gasteiger partial charge on any atom is -0.278 e. The molecule has 1 saturated carbocycles. The fraction of sp³-hybridized carbons (Fsp3) is 0.263. The Balaban J connectivity index is 1.58. The van der Waals surface area contributed by atoms with Crippen LogP contribution in [0.25, 0.3) is 0 Å². The third-order valence-corrected chi connectivity index (χ3v) is 5.04. The summed E-state index contributed by atoms with van der Waals surface area (Å²) in [4.78, 5) is 26.3. The molecule has 1 aliphatic carbocycles. The molecule has 0 radical (unpaired) electrons. The minimum atomic E-state index is -0.843. The number of benzene rings is 2. The van der Waals surface area contributed by atoms with Crippen molar-refractivity contribution >= 4 is 11.8 Å². The molecule has 5 heteroatoms. The molecule has 2 aliphatic rings. The number of hydrogen-bond donors (Lipinski definition) is 0. The van der Waals surface area contributed by atoms with Gasteiger partial charge in [0.1, 0.15) is 11.6 Å². The Bertz CT molecular complexity index is 837. The third-order valence-electron chi connectivity index (χ3n) is 5.04. The van der Waals surface area contributed by atoms with Crippen LogP contribution in [0.15, 0.2) is 48.5 Å². The van der Waals surface area contributed by atoms with Crippen LogP contribution in [0.4, 0.5) is 8.78 Å². The van der Waals surface area contributed by atoms with Gasteiger partial charge in [0.2, 0.25) is 11.8 Å². The fourth-order valence-electron chi connectivity index (χ4n) is 3.68. The number of nitrogens with zero attached hydrogens (tertiary/aromatic N) is 1. The number of likely N-dealkylation sites (tertiary alicyclic amines) is 1. The molecule has 1 unspecified atom stereocenters. The van der Waals surface area contributed by atoms with Gasteiger partial charge in [0, 0.05) is 18.4 Å². The summed E-state index contributed by atoms with van der Waals surface area (Å²) in [6.45, 7) is 0.235. The summed E-state index contributed by atoms with van der Waals surface area (Å²) >= 11 is 0. The maximum Gasteiger partial charge on any atom is 0.236 e. The topological polar surface area (TPSA) is 37.4 Å². The first-order chi connectivity index (χ1) is 11.5. The minimum absolute atomic E-state index is 0.0974. The molecule has 0 bridgehead atoms. The summed E-state index contributed by atoms with van der Waals surface area (Å²) in [5.41, 5.74) is 0.352. The molecule has 4 rings (SSSR count). The van der Waals surface area contributed by atoms with Gasteiger partial charge in [0.05, 0.1) is 12.0 Å². The van der Waals surface area contributed by atoms with Gasteiger partial charge in [-0.3, -0.25) is 14.5 Å². The number of rotatable bonds is 3. The largest absolute Gasteiger partial charge is 0.278 e. The van der Waals surface area contributed by atoms with Crippen LogP contribution >= 0.6 is 0 Å². The van der Waals surface area contributed by atoms with Crippen LogP contribution in [0.2, 0.25) is 0 Å². The van der Waals surface area contributed by atoms with E-state index >= 15 is 0 Å². The summed E-state index contributed by atoms with van der Waals surface area (Å²) < 4.78 is 27.1. The molecule has 2 fully saturated rings. The Kier molecular flexibility index (Phi) is 3.27. The SMILES string of the molecule is O=C1CC2(C[C@H]2c2ccc(F)cc2F)C(=O)N1Cc1ccccc1. The zero-order chi connectivity index (χ0) is 16.9. The lowest BCUT2D eigenvalue weighted by Crippen LogP contribution is -2.30. The Morgan fingerprint density at radius 1 is 1.08 bits per heavy atom. The van der Waals surface area contributed by atoms with Gasteiger partial charge in [-0.15, -0.1) is 0 Å². The van der Waals surface area contributed by atoms with E-state index in [1.54, 1.807) is 0 Å². The van der Waals surface area contributed by atoms with Gasteiger partial charge in [-0.1, -0.05) is 36.4 Å². The van der Waals surface area contributed by atoms with E-state index in [9.17, 15) is 18.4 Å². The highest BCUT2D eigenvalue weighted by atomic mass is 19.1. The predicted molar refractivity (Wildman–Crippen MR) is 82.8 cm³/mol. The molecule has 1 spiro atoms. The number of imide groups is 1. The fourth-order valence-corrected chi connectivity index (χ4v) is 3.68. The molecule has 2 aromatic rings. The molecule has 2 amide bonds. The Morgan fingerprint density at radius 3 is 2.54 bits per heavy atom. The van der Waals surface area contributed by atoms with E-state index in [1.165, 1.54) is 17.0 Å². The maximum absolute atomic E-state index is 14.0. The van der Waals surface area contributed by atoms with Crippen LogP contribution in [-0.2, 0) is 16.1 Å². The lowest BCUT2D eigenvalue weighted by molar-refractivity contribution is -0.140. The highest BCUT2D eigenvalue weighted by molar-refractivity contribution is 6.08. The summed E-state index contributed by atoms with van der Waals surface area (Å²) in [5, 5.41) is 0. The van der Waals surface area contributed by atoms with Crippen molar-refractivity contribution in [3.05, 3.63) is 71.3 Å². The summed E-state index contributed by atoms with van der Waals surface area (Å²) in [5.74, 6) is -2.13. The van der Waals surface area contributed by atoms with Gasteiger partial charge in [-0.05, 0) is 23.6 Å². The van der Waals surface area contributed by atoms with Gasteiger partial charge >= 0.3 is 0 Å². The first-order valence-corrected chi connectivity index (χ1v) is 7.85. The lowest BCUT2D eigenvalue weighted by atomic mass is 9.97. The second-order valence-corrected chi connectivity index (χ2v) is 6.53. The quantitative estimate of drug-likeness (QED) is 0.810. The molecule has 1 heterocycles. The van der Waals surface area contributed by atoms with Crippen molar-refractivity contribution < 1.29 is 18.4 Å². The van der Waals surface area contributed by atoms with E-state index in [4.69, 9.17) is 0 Å². The van der Waals surface area contributed by atoms with Crippen molar-refractivity contribution in [1.29, 1.82) is 0 Å². The highest BCUT2D eigenvalue weighted by Crippen LogP contribution is 2.65. The number of hydrogen-bond acceptors (Lipinski definition) is 2. The molecule has 1 aliphatic heterocycles. The lowest BCUT2D eigenvalue weighted by Gasteiger charge is -2.15. The Morgan fingerprint density at radius 2 is 1.83 bits per heavy atom. The monoisotopic (exact) mass is 327 g/mol. The van der Waals surface area contributed by atoms with E-state index in [0.717, 1.165) is 11.6 Å². The standard InChI is InChI=1S/C19H15F2NO2/c20-13-6-7-14(16(21)8-13)15-9-19(15)10-17(23)22(18(19)24)11-12-4-2-1-3-5-12/h1-8,15H,9-11H2/t15-,19?/m0/s1. The normalized spacial score (nSPS) is 25.6. The number of carbonyl (C=O) groups excluding carboxylic acids is 2. The smallest absolute Gasteiger partial charge is 0.236 e. The number of carbonyl (C=O) groups is 2. The summed E-state index contributed by atoms with van der Waals surface area (Å²) in [6.07, 6.45) is 0.533. The molecule has 0 aromatic heterocycles. The summed E-state index contributed by atoms with van der Waals surface area (Å²) in [7, 11) is 0. The van der Waals surface area contributed by atoms with Gasteiger partial charge in [0.25, 0.3) is 0 Å². The van der Waals surface area contributed by atoms with Crippen molar-refractivity contribution in [1.82, 2.24) is 4.90 Å². The first kappa shape index (κ1) is 15.0. The molecular formula is C19H15F2NO2. The molecule has 3 nitrogen and oxygen atoms in total. The predicted octanol–water partition coefficient (Wildman–Crippen LogP) is 3.40. The van der Waals surface area contributed by atoms with E-state index in [-0.39, 0.29) is 30.7 Å². The van der Waals surface area contributed by atoms with Crippen LogP contribution in [-0.4, -0.2) is 16.7 Å². The maximum atomic E-state index is 14.0. The van der Waals surface area contributed by atoms with Crippen molar-refractivity contribution in [3.8, 4) is 0 Å². The molecule has 2 atom stereocenters. The molecule has 122 valence electrons. The second kappa shape index (κ2) is 5.23. The van der Waals surface area contributed by atoms with Crippen LogP contribution in [0.1, 0.15) is 29.9 Å². The van der Waals surface area contributed by atoms with E-state index in [2.05, 4.69) is 0 Å². The number of halogens is 2. The summed E-state index contributed by atoms with van der Waals surface area (Å²) in [6, 6.07) is 12.7. The third kappa shape index (κ3) is 2.23. The van der Waals surface area contributed by atoms with Gasteiger partial charge in [0.15, 0.2) is 0 Å². The van der Waals surface area contributed by atoms with Crippen molar-refractivity contribution in [3.63, 3.8) is 0 Å². The van der Waals surface area contributed by atoms with Crippen LogP contribution in [0.5, 0.6) is 0 Å². The van der Waals surface area contributed by atoms with Crippen LogP contribution in [0, 0.1) is 17.0 Å². The van der Waals surface area contributed by atoms with Gasteiger partial charge < -0.3 is 0 Å². The molecular weight excluding hydrogens is 312 g/mol. The Hall–Kier alpha value is -2.56. The molecule has 24 heavy (non-hydrogen) atoms. The molecule has 1 saturated heterocycles. The zero-order valence-corrected chi connectivity index (χ0v) is 12.8. The van der Waals surface area contributed by atoms with E-state index in [0.29, 0.717) is 12.0 Å². The van der Waals surface area contributed by atoms with Crippen LogP contribution < -0.4 is 0 Å². The van der Waals surface area contributed by atoms with Crippen molar-refractivity contribution in [2.45, 2.75) is 25.3 Å². The molecule has 0 N–H and O–H groups in total. The van der Waals surface area contributed by atoms with E-state index < -0.39 is 17.0 Å². The number of amides is 2. The average Bonchev–Trinajstić information content (AvgIpc) is 3.22. The molecule has 2 aromatic carbocycles. The Labute approximate surface area is 137 Å².